The first-order valence-electron chi connectivity index (χ1n) is 6.76. The van der Waals surface area contributed by atoms with Crippen LogP contribution in [0.15, 0.2) is 0 Å². The molecule has 1 saturated heterocycles. The largest absolute Gasteiger partial charge is 0.388 e. The van der Waals surface area contributed by atoms with E-state index >= 15 is 0 Å². The third kappa shape index (κ3) is 3.02. The Morgan fingerprint density at radius 2 is 2.11 bits per heavy atom. The number of hydrogen-bond acceptors (Lipinski definition) is 3. The number of amides is 2. The highest BCUT2D eigenvalue weighted by Crippen LogP contribution is 2.30. The second-order valence-corrected chi connectivity index (χ2v) is 5.60. The second-order valence-electron chi connectivity index (χ2n) is 5.60. The molecule has 2 rings (SSSR count). The van der Waals surface area contributed by atoms with Crippen molar-refractivity contribution < 1.29 is 14.7 Å². The van der Waals surface area contributed by atoms with Crippen LogP contribution in [0.5, 0.6) is 0 Å². The summed E-state index contributed by atoms with van der Waals surface area (Å²) in [7, 11) is 0. The molecule has 102 valence electrons. The van der Waals surface area contributed by atoms with Gasteiger partial charge < -0.3 is 15.3 Å². The molecule has 0 aromatic carbocycles. The summed E-state index contributed by atoms with van der Waals surface area (Å²) in [5.41, 5.74) is -0.676. The molecule has 2 fully saturated rings. The van der Waals surface area contributed by atoms with E-state index in [1.54, 1.807) is 4.90 Å². The van der Waals surface area contributed by atoms with Crippen molar-refractivity contribution in [3.8, 4) is 0 Å². The van der Waals surface area contributed by atoms with E-state index in [1.807, 2.05) is 0 Å². The molecule has 1 atom stereocenters. The number of nitrogens with zero attached hydrogens (tertiary/aromatic N) is 1. The quantitative estimate of drug-likeness (QED) is 0.760. The van der Waals surface area contributed by atoms with Crippen molar-refractivity contribution >= 4 is 11.8 Å². The standard InChI is InChI=1S/C13H22N2O3/c1-10(16)15-7-2-4-11(8-15)12(17)14-9-13(18)5-3-6-13/h11,18H,2-9H2,1H3,(H,14,17). The van der Waals surface area contributed by atoms with Gasteiger partial charge in [0.2, 0.25) is 11.8 Å². The van der Waals surface area contributed by atoms with Crippen LogP contribution in [-0.4, -0.2) is 47.1 Å². The van der Waals surface area contributed by atoms with E-state index in [4.69, 9.17) is 0 Å². The fourth-order valence-electron chi connectivity index (χ4n) is 2.63. The van der Waals surface area contributed by atoms with E-state index in [0.29, 0.717) is 13.1 Å². The first-order valence-corrected chi connectivity index (χ1v) is 6.76. The summed E-state index contributed by atoms with van der Waals surface area (Å²) in [6, 6.07) is 0. The number of carbonyl (C=O) groups excluding carboxylic acids is 2. The molecule has 1 unspecified atom stereocenters. The van der Waals surface area contributed by atoms with Gasteiger partial charge >= 0.3 is 0 Å². The van der Waals surface area contributed by atoms with Gasteiger partial charge in [0.05, 0.1) is 11.5 Å². The van der Waals surface area contributed by atoms with Crippen molar-refractivity contribution in [3.63, 3.8) is 0 Å². The van der Waals surface area contributed by atoms with Crippen LogP contribution in [-0.2, 0) is 9.59 Å². The van der Waals surface area contributed by atoms with E-state index in [-0.39, 0.29) is 17.7 Å². The van der Waals surface area contributed by atoms with Crippen molar-refractivity contribution in [1.29, 1.82) is 0 Å². The highest BCUT2D eigenvalue weighted by atomic mass is 16.3. The molecule has 1 heterocycles. The van der Waals surface area contributed by atoms with Gasteiger partial charge in [-0.3, -0.25) is 9.59 Å². The Morgan fingerprint density at radius 3 is 2.67 bits per heavy atom. The third-order valence-electron chi connectivity index (χ3n) is 4.11. The number of carbonyl (C=O) groups is 2. The second kappa shape index (κ2) is 5.26. The van der Waals surface area contributed by atoms with Gasteiger partial charge in [-0.2, -0.15) is 0 Å². The van der Waals surface area contributed by atoms with Crippen LogP contribution >= 0.6 is 0 Å². The maximum atomic E-state index is 12.0. The first kappa shape index (κ1) is 13.3. The lowest BCUT2D eigenvalue weighted by atomic mass is 9.80. The number of rotatable bonds is 3. The molecule has 0 radical (unpaired) electrons. The smallest absolute Gasteiger partial charge is 0.225 e. The minimum absolute atomic E-state index is 0.0266. The topological polar surface area (TPSA) is 69.6 Å². The van der Waals surface area contributed by atoms with Gasteiger partial charge in [-0.1, -0.05) is 0 Å². The molecule has 0 spiro atoms. The molecule has 2 amide bonds. The molecule has 1 aliphatic carbocycles. The van der Waals surface area contributed by atoms with E-state index in [2.05, 4.69) is 5.32 Å². The Balaban J connectivity index is 1.79. The van der Waals surface area contributed by atoms with Crippen LogP contribution in [0.4, 0.5) is 0 Å². The molecule has 2 N–H and O–H groups in total. The van der Waals surface area contributed by atoms with Crippen LogP contribution in [0.3, 0.4) is 0 Å². The zero-order chi connectivity index (χ0) is 13.2. The maximum Gasteiger partial charge on any atom is 0.225 e. The lowest BCUT2D eigenvalue weighted by Crippen LogP contribution is -2.51. The average Bonchev–Trinajstić information content (AvgIpc) is 2.33. The maximum absolute atomic E-state index is 12.0. The molecular formula is C13H22N2O3. The van der Waals surface area contributed by atoms with Crippen LogP contribution in [0.2, 0.25) is 0 Å². The van der Waals surface area contributed by atoms with Crippen molar-refractivity contribution in [3.05, 3.63) is 0 Å². The van der Waals surface area contributed by atoms with E-state index in [1.165, 1.54) is 6.92 Å². The number of aliphatic hydroxyl groups is 1. The molecule has 5 heteroatoms. The van der Waals surface area contributed by atoms with Crippen LogP contribution in [0.1, 0.15) is 39.0 Å². The zero-order valence-corrected chi connectivity index (χ0v) is 10.9. The molecule has 1 aliphatic heterocycles. The lowest BCUT2D eigenvalue weighted by Gasteiger charge is -2.37. The summed E-state index contributed by atoms with van der Waals surface area (Å²) >= 11 is 0. The predicted molar refractivity (Wildman–Crippen MR) is 66.8 cm³/mol. The SMILES string of the molecule is CC(=O)N1CCCC(C(=O)NCC2(O)CCC2)C1. The fraction of sp³-hybridized carbons (Fsp3) is 0.846. The van der Waals surface area contributed by atoms with Crippen molar-refractivity contribution in [1.82, 2.24) is 10.2 Å². The van der Waals surface area contributed by atoms with Crippen LogP contribution in [0, 0.1) is 5.92 Å². The lowest BCUT2D eigenvalue weighted by molar-refractivity contribution is -0.135. The number of hydrogen-bond donors (Lipinski definition) is 2. The van der Waals surface area contributed by atoms with Crippen molar-refractivity contribution in [2.24, 2.45) is 5.92 Å². The van der Waals surface area contributed by atoms with Gasteiger partial charge in [0.15, 0.2) is 0 Å². The first-order chi connectivity index (χ1) is 8.50. The summed E-state index contributed by atoms with van der Waals surface area (Å²) in [5, 5.41) is 12.7. The van der Waals surface area contributed by atoms with Gasteiger partial charge in [-0.25, -0.2) is 0 Å². The Kier molecular flexibility index (Phi) is 3.90. The highest BCUT2D eigenvalue weighted by molar-refractivity contribution is 5.80. The molecule has 1 saturated carbocycles. The summed E-state index contributed by atoms with van der Waals surface area (Å²) in [6.45, 7) is 3.16. The summed E-state index contributed by atoms with van der Waals surface area (Å²) in [5.74, 6) is -0.113. The Hall–Kier alpha value is -1.10. The molecule has 0 aromatic heterocycles. The summed E-state index contributed by atoms with van der Waals surface area (Å²) in [4.78, 5) is 25.0. The molecule has 5 nitrogen and oxygen atoms in total. The third-order valence-corrected chi connectivity index (χ3v) is 4.11. The van der Waals surface area contributed by atoms with Gasteiger partial charge in [-0.05, 0) is 32.1 Å². The number of piperidine rings is 1. The Bertz CT molecular complexity index is 339. The monoisotopic (exact) mass is 254 g/mol. The Labute approximate surface area is 108 Å². The van der Waals surface area contributed by atoms with E-state index in [9.17, 15) is 14.7 Å². The summed E-state index contributed by atoms with van der Waals surface area (Å²) < 4.78 is 0. The number of likely N-dealkylation sites (tertiary alicyclic amines) is 1. The molecule has 0 bridgehead atoms. The van der Waals surface area contributed by atoms with Crippen LogP contribution in [0.25, 0.3) is 0 Å². The predicted octanol–water partition coefficient (Wildman–Crippen LogP) is 0.276. The van der Waals surface area contributed by atoms with Crippen molar-refractivity contribution in [2.45, 2.75) is 44.6 Å². The van der Waals surface area contributed by atoms with Gasteiger partial charge in [0.1, 0.15) is 0 Å². The van der Waals surface area contributed by atoms with Gasteiger partial charge in [-0.15, -0.1) is 0 Å². The molecule has 0 aromatic rings. The minimum Gasteiger partial charge on any atom is -0.388 e. The highest BCUT2D eigenvalue weighted by Gasteiger charge is 2.35. The summed E-state index contributed by atoms with van der Waals surface area (Å²) in [6.07, 6.45) is 4.29. The van der Waals surface area contributed by atoms with E-state index < -0.39 is 5.60 Å². The van der Waals surface area contributed by atoms with Crippen molar-refractivity contribution in [2.75, 3.05) is 19.6 Å². The zero-order valence-electron chi connectivity index (χ0n) is 10.9. The molecule has 2 aliphatic rings. The van der Waals surface area contributed by atoms with Gasteiger partial charge in [0.25, 0.3) is 0 Å². The van der Waals surface area contributed by atoms with E-state index in [0.717, 1.165) is 38.6 Å². The average molecular weight is 254 g/mol. The normalized spacial score (nSPS) is 26.3. The number of nitrogens with one attached hydrogen (secondary N) is 1. The molecular weight excluding hydrogens is 232 g/mol. The van der Waals surface area contributed by atoms with Gasteiger partial charge in [0, 0.05) is 26.6 Å². The Morgan fingerprint density at radius 1 is 1.39 bits per heavy atom. The fourth-order valence-corrected chi connectivity index (χ4v) is 2.63. The van der Waals surface area contributed by atoms with Crippen LogP contribution < -0.4 is 5.32 Å². The molecule has 18 heavy (non-hydrogen) atoms. The minimum atomic E-state index is -0.676.